The Balaban J connectivity index is 1.47. The molecular formula is C19H18N4O2S. The highest BCUT2D eigenvalue weighted by molar-refractivity contribution is 8.00. The summed E-state index contributed by atoms with van der Waals surface area (Å²) in [4.78, 5) is 35.1. The first-order chi connectivity index (χ1) is 12.6. The summed E-state index contributed by atoms with van der Waals surface area (Å²) < 4.78 is 0. The lowest BCUT2D eigenvalue weighted by Crippen LogP contribution is -2.43. The summed E-state index contributed by atoms with van der Waals surface area (Å²) in [5, 5.41) is 2.92. The molecule has 0 unspecified atom stereocenters. The van der Waals surface area contributed by atoms with Gasteiger partial charge in [-0.25, -0.2) is 4.98 Å². The number of aromatic amines is 1. The van der Waals surface area contributed by atoms with Gasteiger partial charge in [0, 0.05) is 4.90 Å². The van der Waals surface area contributed by atoms with Gasteiger partial charge in [0.05, 0.1) is 28.5 Å². The van der Waals surface area contributed by atoms with E-state index in [2.05, 4.69) is 15.3 Å². The Morgan fingerprint density at radius 2 is 2.04 bits per heavy atom. The average molecular weight is 366 g/mol. The number of H-pyrrole nitrogens is 1. The van der Waals surface area contributed by atoms with E-state index >= 15 is 0 Å². The van der Waals surface area contributed by atoms with Crippen LogP contribution in [0.2, 0.25) is 0 Å². The van der Waals surface area contributed by atoms with Crippen LogP contribution in [-0.4, -0.2) is 34.1 Å². The van der Waals surface area contributed by atoms with E-state index in [0.717, 1.165) is 21.6 Å². The van der Waals surface area contributed by atoms with Gasteiger partial charge < -0.3 is 15.2 Å². The third-order valence-corrected chi connectivity index (χ3v) is 5.35. The van der Waals surface area contributed by atoms with Gasteiger partial charge in [0.2, 0.25) is 11.8 Å². The second-order valence-electron chi connectivity index (χ2n) is 6.16. The number of nitrogens with zero attached hydrogens (tertiary/aromatic N) is 2. The van der Waals surface area contributed by atoms with Crippen LogP contribution in [0.25, 0.3) is 11.0 Å². The maximum absolute atomic E-state index is 12.5. The van der Waals surface area contributed by atoms with Gasteiger partial charge in [0.1, 0.15) is 12.4 Å². The summed E-state index contributed by atoms with van der Waals surface area (Å²) in [7, 11) is 0. The molecule has 1 aromatic heterocycles. The van der Waals surface area contributed by atoms with Crippen LogP contribution in [0.15, 0.2) is 53.4 Å². The number of carbonyl (C=O) groups excluding carboxylic acids is 2. The Bertz CT molecular complexity index is 951. The fraction of sp³-hybridized carbons (Fsp3) is 0.211. The van der Waals surface area contributed by atoms with Crippen molar-refractivity contribution in [2.24, 2.45) is 0 Å². The number of fused-ring (bicyclic) bond motifs is 2. The molecule has 0 fully saturated rings. The molecule has 3 aromatic rings. The summed E-state index contributed by atoms with van der Waals surface area (Å²) in [5.74, 6) is 0.775. The first kappa shape index (κ1) is 16.7. The van der Waals surface area contributed by atoms with Crippen molar-refractivity contribution in [2.75, 3.05) is 17.2 Å². The third-order valence-electron chi connectivity index (χ3n) is 4.31. The zero-order valence-corrected chi connectivity index (χ0v) is 15.0. The minimum atomic E-state index is -0.278. The van der Waals surface area contributed by atoms with Crippen molar-refractivity contribution >= 4 is 40.3 Å². The summed E-state index contributed by atoms with van der Waals surface area (Å²) in [6.07, 6.45) is 0. The zero-order chi connectivity index (χ0) is 18.1. The maximum Gasteiger partial charge on any atom is 0.240 e. The van der Waals surface area contributed by atoms with Crippen molar-refractivity contribution in [3.8, 4) is 0 Å². The largest absolute Gasteiger partial charge is 0.345 e. The van der Waals surface area contributed by atoms with Gasteiger partial charge in [-0.1, -0.05) is 24.3 Å². The van der Waals surface area contributed by atoms with Crippen molar-refractivity contribution in [3.05, 3.63) is 54.4 Å². The standard InChI is InChI=1S/C19H18N4O2S/c1-12(19-21-13-6-2-3-7-14(13)22-19)20-17(24)10-23-15-8-4-5-9-16(15)26-11-18(23)25/h2-9,12H,10-11H2,1H3,(H,20,24)(H,21,22)/t12-/m0/s1. The lowest BCUT2D eigenvalue weighted by Gasteiger charge is -2.28. The van der Waals surface area contributed by atoms with E-state index in [1.54, 1.807) is 4.90 Å². The fourth-order valence-corrected chi connectivity index (χ4v) is 3.94. The molecule has 0 saturated carbocycles. The van der Waals surface area contributed by atoms with E-state index in [9.17, 15) is 9.59 Å². The third kappa shape index (κ3) is 3.17. The maximum atomic E-state index is 12.5. The second-order valence-corrected chi connectivity index (χ2v) is 7.18. The van der Waals surface area contributed by atoms with E-state index in [1.165, 1.54) is 11.8 Å². The number of nitrogens with one attached hydrogen (secondary N) is 2. The van der Waals surface area contributed by atoms with Crippen molar-refractivity contribution in [1.82, 2.24) is 15.3 Å². The first-order valence-electron chi connectivity index (χ1n) is 8.38. The van der Waals surface area contributed by atoms with Gasteiger partial charge in [-0.2, -0.15) is 0 Å². The Kier molecular flexibility index (Phi) is 4.38. The van der Waals surface area contributed by atoms with Crippen molar-refractivity contribution in [3.63, 3.8) is 0 Å². The normalized spacial score (nSPS) is 15.0. The molecule has 0 bridgehead atoms. The first-order valence-corrected chi connectivity index (χ1v) is 9.36. The van der Waals surface area contributed by atoms with Crippen LogP contribution in [0, 0.1) is 0 Å². The molecule has 1 aliphatic rings. The van der Waals surface area contributed by atoms with Crippen molar-refractivity contribution in [1.29, 1.82) is 0 Å². The van der Waals surface area contributed by atoms with Crippen LogP contribution in [0.5, 0.6) is 0 Å². The molecule has 0 saturated heterocycles. The SMILES string of the molecule is C[C@H](NC(=O)CN1C(=O)CSc2ccccc21)c1nc2ccccc2[nH]1. The van der Waals surface area contributed by atoms with Crippen LogP contribution in [0.4, 0.5) is 5.69 Å². The van der Waals surface area contributed by atoms with Crippen LogP contribution in [0.3, 0.4) is 0 Å². The Hall–Kier alpha value is -2.80. The molecule has 0 spiro atoms. The quantitative estimate of drug-likeness (QED) is 0.744. The average Bonchev–Trinajstić information content (AvgIpc) is 3.08. The van der Waals surface area contributed by atoms with Crippen LogP contribution < -0.4 is 10.2 Å². The van der Waals surface area contributed by atoms with Gasteiger partial charge in [0.25, 0.3) is 0 Å². The number of rotatable bonds is 4. The molecule has 1 atom stereocenters. The lowest BCUT2D eigenvalue weighted by molar-refractivity contribution is -0.123. The van der Waals surface area contributed by atoms with Gasteiger partial charge in [0.15, 0.2) is 0 Å². The summed E-state index contributed by atoms with van der Waals surface area (Å²) >= 11 is 1.50. The number of hydrogen-bond acceptors (Lipinski definition) is 4. The molecule has 4 rings (SSSR count). The molecule has 2 N–H and O–H groups in total. The number of thioether (sulfide) groups is 1. The molecular weight excluding hydrogens is 348 g/mol. The van der Waals surface area contributed by atoms with E-state index < -0.39 is 0 Å². The van der Waals surface area contributed by atoms with Gasteiger partial charge >= 0.3 is 0 Å². The summed E-state index contributed by atoms with van der Waals surface area (Å²) in [5.41, 5.74) is 2.59. The number of imidazole rings is 1. The highest BCUT2D eigenvalue weighted by Gasteiger charge is 2.26. The predicted octanol–water partition coefficient (Wildman–Crippen LogP) is 2.88. The molecule has 6 nitrogen and oxygen atoms in total. The Morgan fingerprint density at radius 1 is 1.27 bits per heavy atom. The number of hydrogen-bond donors (Lipinski definition) is 2. The fourth-order valence-electron chi connectivity index (χ4n) is 3.00. The highest BCUT2D eigenvalue weighted by atomic mass is 32.2. The number of aromatic nitrogens is 2. The number of anilines is 1. The number of amides is 2. The molecule has 0 aliphatic carbocycles. The van der Waals surface area contributed by atoms with Gasteiger partial charge in [-0.15, -0.1) is 11.8 Å². The lowest BCUT2D eigenvalue weighted by atomic mass is 10.2. The predicted molar refractivity (Wildman–Crippen MR) is 102 cm³/mol. The van der Waals surface area contributed by atoms with Crippen molar-refractivity contribution < 1.29 is 9.59 Å². The van der Waals surface area contributed by atoms with Crippen molar-refractivity contribution in [2.45, 2.75) is 17.9 Å². The minimum absolute atomic E-state index is 0.000967. The summed E-state index contributed by atoms with van der Waals surface area (Å²) in [6.45, 7) is 1.87. The number of para-hydroxylation sites is 3. The highest BCUT2D eigenvalue weighted by Crippen LogP contribution is 2.34. The Morgan fingerprint density at radius 3 is 2.88 bits per heavy atom. The van der Waals surface area contributed by atoms with Gasteiger partial charge in [-0.05, 0) is 31.2 Å². The number of benzene rings is 2. The smallest absolute Gasteiger partial charge is 0.240 e. The minimum Gasteiger partial charge on any atom is -0.345 e. The topological polar surface area (TPSA) is 78.1 Å². The Labute approximate surface area is 155 Å². The van der Waals surface area contributed by atoms with Crippen LogP contribution in [-0.2, 0) is 9.59 Å². The molecule has 132 valence electrons. The van der Waals surface area contributed by atoms with Crippen LogP contribution >= 0.6 is 11.8 Å². The molecule has 0 radical (unpaired) electrons. The molecule has 2 heterocycles. The van der Waals surface area contributed by atoms with Crippen LogP contribution in [0.1, 0.15) is 18.8 Å². The van der Waals surface area contributed by atoms with E-state index in [4.69, 9.17) is 0 Å². The molecule has 1 aliphatic heterocycles. The second kappa shape index (κ2) is 6.84. The molecule has 2 aromatic carbocycles. The monoisotopic (exact) mass is 366 g/mol. The molecule has 26 heavy (non-hydrogen) atoms. The van der Waals surface area contributed by atoms with E-state index in [-0.39, 0.29) is 24.4 Å². The summed E-state index contributed by atoms with van der Waals surface area (Å²) in [6, 6.07) is 15.1. The van der Waals surface area contributed by atoms with E-state index in [1.807, 2.05) is 55.5 Å². The molecule has 7 heteroatoms. The zero-order valence-electron chi connectivity index (χ0n) is 14.2. The number of carbonyl (C=O) groups is 2. The molecule has 2 amide bonds. The van der Waals surface area contributed by atoms with E-state index in [0.29, 0.717) is 11.6 Å². The van der Waals surface area contributed by atoms with Gasteiger partial charge in [-0.3, -0.25) is 9.59 Å².